The van der Waals surface area contributed by atoms with Gasteiger partial charge in [-0.25, -0.2) is 13.4 Å². The minimum absolute atomic E-state index is 0.195. The molecule has 0 radical (unpaired) electrons. The highest BCUT2D eigenvalue weighted by molar-refractivity contribution is 7.90. The van der Waals surface area contributed by atoms with Crippen molar-refractivity contribution in [3.05, 3.63) is 18.3 Å². The molecule has 0 unspecified atom stereocenters. The zero-order valence-corrected chi connectivity index (χ0v) is 9.42. The number of rotatable bonds is 5. The summed E-state index contributed by atoms with van der Waals surface area (Å²) in [6, 6.07) is 3.50. The molecule has 1 rings (SSSR count). The number of nitrogens with two attached hydrogens (primary N) is 1. The van der Waals surface area contributed by atoms with Crippen LogP contribution in [0.4, 0.5) is 11.5 Å². The Morgan fingerprint density at radius 2 is 2.27 bits per heavy atom. The number of hydrogen-bond donors (Lipinski definition) is 2. The molecule has 0 bridgehead atoms. The van der Waals surface area contributed by atoms with Crippen LogP contribution >= 0.6 is 0 Å². The first-order chi connectivity index (χ1) is 6.97. The van der Waals surface area contributed by atoms with Gasteiger partial charge >= 0.3 is 0 Å². The Balaban J connectivity index is 2.32. The molecule has 84 valence electrons. The van der Waals surface area contributed by atoms with E-state index in [1.54, 1.807) is 18.3 Å². The molecule has 0 atom stereocenters. The number of nitrogen functional groups attached to an aromatic ring is 1. The molecule has 0 aromatic carbocycles. The van der Waals surface area contributed by atoms with E-state index in [9.17, 15) is 8.42 Å². The average molecular weight is 229 g/mol. The number of anilines is 2. The van der Waals surface area contributed by atoms with Gasteiger partial charge in [-0.05, 0) is 12.5 Å². The Hall–Kier alpha value is -1.30. The van der Waals surface area contributed by atoms with Gasteiger partial charge in [-0.2, -0.15) is 0 Å². The van der Waals surface area contributed by atoms with E-state index in [1.165, 1.54) is 6.26 Å². The van der Waals surface area contributed by atoms with E-state index in [4.69, 9.17) is 5.73 Å². The standard InChI is InChI=1S/C9H15N3O2S/c1-15(13,14)6-2-4-11-8-3-5-12-9(10)7-8/h3,5,7H,2,4,6H2,1H3,(H3,10,11,12). The summed E-state index contributed by atoms with van der Waals surface area (Å²) in [6.45, 7) is 0.608. The van der Waals surface area contributed by atoms with Gasteiger partial charge in [0.2, 0.25) is 0 Å². The second-order valence-electron chi connectivity index (χ2n) is 3.38. The van der Waals surface area contributed by atoms with E-state index in [1.807, 2.05) is 0 Å². The van der Waals surface area contributed by atoms with Crippen LogP contribution in [-0.4, -0.2) is 32.0 Å². The topological polar surface area (TPSA) is 85.1 Å². The molecular weight excluding hydrogens is 214 g/mol. The fourth-order valence-corrected chi connectivity index (χ4v) is 1.79. The summed E-state index contributed by atoms with van der Waals surface area (Å²) in [5.74, 6) is 0.642. The Labute approximate surface area is 89.6 Å². The number of hydrogen-bond acceptors (Lipinski definition) is 5. The summed E-state index contributed by atoms with van der Waals surface area (Å²) < 4.78 is 21.7. The van der Waals surface area contributed by atoms with Crippen LogP contribution in [-0.2, 0) is 9.84 Å². The monoisotopic (exact) mass is 229 g/mol. The quantitative estimate of drug-likeness (QED) is 0.719. The summed E-state index contributed by atoms with van der Waals surface area (Å²) >= 11 is 0. The predicted molar refractivity (Wildman–Crippen MR) is 61.5 cm³/mol. The lowest BCUT2D eigenvalue weighted by Gasteiger charge is -2.05. The molecule has 0 saturated carbocycles. The first-order valence-corrected chi connectivity index (χ1v) is 6.66. The van der Waals surface area contributed by atoms with Crippen LogP contribution < -0.4 is 11.1 Å². The molecule has 1 aromatic rings. The second kappa shape index (κ2) is 4.97. The molecule has 0 fully saturated rings. The maximum atomic E-state index is 10.8. The van der Waals surface area contributed by atoms with E-state index >= 15 is 0 Å². The molecule has 5 nitrogen and oxygen atoms in total. The predicted octanol–water partition coefficient (Wildman–Crippen LogP) is 0.510. The number of nitrogens with one attached hydrogen (secondary N) is 1. The summed E-state index contributed by atoms with van der Waals surface area (Å²) in [5, 5.41) is 3.07. The van der Waals surface area contributed by atoms with Gasteiger partial charge in [-0.1, -0.05) is 0 Å². The van der Waals surface area contributed by atoms with Gasteiger partial charge in [0.25, 0.3) is 0 Å². The number of aromatic nitrogens is 1. The fraction of sp³-hybridized carbons (Fsp3) is 0.444. The zero-order chi connectivity index (χ0) is 11.3. The zero-order valence-electron chi connectivity index (χ0n) is 8.60. The Morgan fingerprint density at radius 1 is 1.53 bits per heavy atom. The van der Waals surface area contributed by atoms with E-state index in [-0.39, 0.29) is 5.75 Å². The first kappa shape index (κ1) is 11.8. The van der Waals surface area contributed by atoms with Gasteiger partial charge in [0.1, 0.15) is 15.7 Å². The highest BCUT2D eigenvalue weighted by atomic mass is 32.2. The normalized spacial score (nSPS) is 11.3. The van der Waals surface area contributed by atoms with Crippen LogP contribution in [0.15, 0.2) is 18.3 Å². The van der Waals surface area contributed by atoms with Crippen molar-refractivity contribution in [2.45, 2.75) is 6.42 Å². The van der Waals surface area contributed by atoms with Crippen molar-refractivity contribution in [3.8, 4) is 0 Å². The summed E-state index contributed by atoms with van der Waals surface area (Å²) in [6.07, 6.45) is 3.42. The van der Waals surface area contributed by atoms with Gasteiger partial charge in [0.15, 0.2) is 0 Å². The highest BCUT2D eigenvalue weighted by Gasteiger charge is 2.00. The molecule has 0 amide bonds. The highest BCUT2D eigenvalue weighted by Crippen LogP contribution is 2.08. The maximum Gasteiger partial charge on any atom is 0.147 e. The average Bonchev–Trinajstić information content (AvgIpc) is 2.11. The Bertz CT molecular complexity index is 417. The van der Waals surface area contributed by atoms with Gasteiger partial charge in [0.05, 0.1) is 5.75 Å². The molecule has 3 N–H and O–H groups in total. The number of sulfone groups is 1. The molecule has 0 spiro atoms. The SMILES string of the molecule is CS(=O)(=O)CCCNc1ccnc(N)c1. The van der Waals surface area contributed by atoms with Crippen LogP contribution in [0, 0.1) is 0 Å². The van der Waals surface area contributed by atoms with Crippen molar-refractivity contribution in [1.82, 2.24) is 4.98 Å². The van der Waals surface area contributed by atoms with E-state index < -0.39 is 9.84 Å². The second-order valence-corrected chi connectivity index (χ2v) is 5.64. The maximum absolute atomic E-state index is 10.8. The smallest absolute Gasteiger partial charge is 0.147 e. The lowest BCUT2D eigenvalue weighted by atomic mass is 10.3. The van der Waals surface area contributed by atoms with Gasteiger partial charge in [-0.3, -0.25) is 0 Å². The summed E-state index contributed by atoms with van der Waals surface area (Å²) in [4.78, 5) is 3.85. The van der Waals surface area contributed by atoms with Crippen LogP contribution in [0.1, 0.15) is 6.42 Å². The van der Waals surface area contributed by atoms with Gasteiger partial charge in [-0.15, -0.1) is 0 Å². The van der Waals surface area contributed by atoms with Crippen molar-refractivity contribution in [1.29, 1.82) is 0 Å². The van der Waals surface area contributed by atoms with Gasteiger partial charge < -0.3 is 11.1 Å². The van der Waals surface area contributed by atoms with Crippen LogP contribution in [0.25, 0.3) is 0 Å². The lowest BCUT2D eigenvalue weighted by molar-refractivity contribution is 0.600. The molecule has 0 aliphatic carbocycles. The van der Waals surface area contributed by atoms with Crippen LogP contribution in [0.5, 0.6) is 0 Å². The van der Waals surface area contributed by atoms with Crippen LogP contribution in [0.3, 0.4) is 0 Å². The molecule has 6 heteroatoms. The third-order valence-electron chi connectivity index (χ3n) is 1.80. The molecular formula is C9H15N3O2S. The number of nitrogens with zero attached hydrogens (tertiary/aromatic N) is 1. The van der Waals surface area contributed by atoms with Crippen molar-refractivity contribution < 1.29 is 8.42 Å². The summed E-state index contributed by atoms with van der Waals surface area (Å²) in [5.41, 5.74) is 6.34. The molecule has 15 heavy (non-hydrogen) atoms. The Kier molecular flexibility index (Phi) is 3.90. The van der Waals surface area contributed by atoms with Crippen molar-refractivity contribution >= 4 is 21.3 Å². The van der Waals surface area contributed by atoms with Crippen molar-refractivity contribution in [2.24, 2.45) is 0 Å². The van der Waals surface area contributed by atoms with E-state index in [0.717, 1.165) is 5.69 Å². The summed E-state index contributed by atoms with van der Waals surface area (Å²) in [7, 11) is -2.86. The first-order valence-electron chi connectivity index (χ1n) is 4.60. The molecule has 1 heterocycles. The number of pyridine rings is 1. The minimum atomic E-state index is -2.86. The van der Waals surface area contributed by atoms with E-state index in [0.29, 0.717) is 18.8 Å². The van der Waals surface area contributed by atoms with E-state index in [2.05, 4.69) is 10.3 Å². The van der Waals surface area contributed by atoms with Crippen molar-refractivity contribution in [3.63, 3.8) is 0 Å². The lowest BCUT2D eigenvalue weighted by Crippen LogP contribution is -2.09. The minimum Gasteiger partial charge on any atom is -0.385 e. The Morgan fingerprint density at radius 3 is 2.87 bits per heavy atom. The molecule has 0 aliphatic heterocycles. The van der Waals surface area contributed by atoms with Crippen molar-refractivity contribution in [2.75, 3.05) is 29.6 Å². The third kappa shape index (κ3) is 5.21. The largest absolute Gasteiger partial charge is 0.385 e. The molecule has 1 aromatic heterocycles. The van der Waals surface area contributed by atoms with Gasteiger partial charge in [0, 0.05) is 30.8 Å². The fourth-order valence-electron chi connectivity index (χ4n) is 1.13. The molecule has 0 aliphatic rings. The molecule has 0 saturated heterocycles. The van der Waals surface area contributed by atoms with Crippen LogP contribution in [0.2, 0.25) is 0 Å². The third-order valence-corrected chi connectivity index (χ3v) is 2.83.